The number of hydrogen-bond acceptors (Lipinski definition) is 3. The van der Waals surface area contributed by atoms with Crippen LogP contribution in [-0.2, 0) is 6.18 Å². The second kappa shape index (κ2) is 7.70. The van der Waals surface area contributed by atoms with E-state index in [9.17, 15) is 13.2 Å². The van der Waals surface area contributed by atoms with E-state index >= 15 is 0 Å². The van der Waals surface area contributed by atoms with Gasteiger partial charge in [0.2, 0.25) is 0 Å². The molecule has 0 saturated carbocycles. The van der Waals surface area contributed by atoms with Gasteiger partial charge >= 0.3 is 6.18 Å². The van der Waals surface area contributed by atoms with Gasteiger partial charge < -0.3 is 5.32 Å². The SMILES string of the molecule is FC(F)(F)c1cc(C(c2ccc3cnccc3c2)N2CCNCC2)ccc1Cl. The molecule has 0 amide bonds. The average molecular weight is 406 g/mol. The Morgan fingerprint density at radius 3 is 2.43 bits per heavy atom. The lowest BCUT2D eigenvalue weighted by atomic mass is 9.93. The lowest BCUT2D eigenvalue weighted by Crippen LogP contribution is -2.45. The summed E-state index contributed by atoms with van der Waals surface area (Å²) in [7, 11) is 0. The van der Waals surface area contributed by atoms with Crippen molar-refractivity contribution in [3.8, 4) is 0 Å². The number of benzene rings is 2. The number of aromatic nitrogens is 1. The first-order chi connectivity index (χ1) is 13.4. The van der Waals surface area contributed by atoms with Crippen molar-refractivity contribution in [3.63, 3.8) is 0 Å². The van der Waals surface area contributed by atoms with Gasteiger partial charge in [-0.05, 0) is 40.8 Å². The quantitative estimate of drug-likeness (QED) is 0.671. The fourth-order valence-electron chi connectivity index (χ4n) is 3.76. The third-order valence-corrected chi connectivity index (χ3v) is 5.44. The predicted molar refractivity (Wildman–Crippen MR) is 104 cm³/mol. The van der Waals surface area contributed by atoms with Crippen molar-refractivity contribution >= 4 is 22.4 Å². The zero-order chi connectivity index (χ0) is 19.7. The van der Waals surface area contributed by atoms with Crippen LogP contribution in [0.4, 0.5) is 13.2 Å². The molecule has 0 aliphatic carbocycles. The fraction of sp³-hybridized carbons (Fsp3) is 0.286. The summed E-state index contributed by atoms with van der Waals surface area (Å²) in [6.45, 7) is 3.10. The molecule has 1 fully saturated rings. The Balaban J connectivity index is 1.83. The molecule has 1 N–H and O–H groups in total. The van der Waals surface area contributed by atoms with Crippen LogP contribution in [0, 0.1) is 0 Å². The first kappa shape index (κ1) is 19.2. The Bertz CT molecular complexity index is 984. The minimum atomic E-state index is -4.49. The monoisotopic (exact) mass is 405 g/mol. The molecule has 3 aromatic rings. The van der Waals surface area contributed by atoms with Crippen molar-refractivity contribution in [2.45, 2.75) is 12.2 Å². The van der Waals surface area contributed by atoms with Crippen LogP contribution in [0.1, 0.15) is 22.7 Å². The van der Waals surface area contributed by atoms with E-state index in [0.717, 1.165) is 42.5 Å². The summed E-state index contributed by atoms with van der Waals surface area (Å²) in [6.07, 6.45) is -0.991. The molecular formula is C21H19ClF3N3. The van der Waals surface area contributed by atoms with Crippen LogP contribution >= 0.6 is 11.6 Å². The van der Waals surface area contributed by atoms with Crippen molar-refractivity contribution < 1.29 is 13.2 Å². The maximum absolute atomic E-state index is 13.4. The van der Waals surface area contributed by atoms with E-state index < -0.39 is 11.7 Å². The molecule has 4 rings (SSSR count). The molecule has 1 unspecified atom stereocenters. The summed E-state index contributed by atoms with van der Waals surface area (Å²) in [6, 6.07) is 11.8. The van der Waals surface area contributed by atoms with Crippen LogP contribution in [0.15, 0.2) is 54.9 Å². The number of nitrogens with one attached hydrogen (secondary N) is 1. The number of piperazine rings is 1. The summed E-state index contributed by atoms with van der Waals surface area (Å²) < 4.78 is 40.3. The normalized spacial score (nSPS) is 17.0. The topological polar surface area (TPSA) is 28.2 Å². The standard InChI is InChI=1S/C21H19ClF3N3/c22-19-4-3-16(12-18(19)21(23,24)25)20(28-9-7-26-8-10-28)15-1-2-17-13-27-6-5-14(17)11-15/h1-6,11-13,20,26H,7-10H2. The molecule has 2 heterocycles. The van der Waals surface area contributed by atoms with E-state index in [1.165, 1.54) is 12.1 Å². The second-order valence-corrected chi connectivity index (χ2v) is 7.32. The van der Waals surface area contributed by atoms with Gasteiger partial charge in [0, 0.05) is 44.0 Å². The molecule has 2 aromatic carbocycles. The first-order valence-corrected chi connectivity index (χ1v) is 9.46. The lowest BCUT2D eigenvalue weighted by Gasteiger charge is -2.36. The Morgan fingerprint density at radius 1 is 0.964 bits per heavy atom. The highest BCUT2D eigenvalue weighted by Crippen LogP contribution is 2.39. The third-order valence-electron chi connectivity index (χ3n) is 5.11. The number of alkyl halides is 3. The summed E-state index contributed by atoms with van der Waals surface area (Å²) in [5.74, 6) is 0. The Hall–Kier alpha value is -2.15. The van der Waals surface area contributed by atoms with Gasteiger partial charge in [-0.2, -0.15) is 13.2 Å². The van der Waals surface area contributed by atoms with Crippen molar-refractivity contribution in [1.82, 2.24) is 15.2 Å². The molecule has 1 aromatic heterocycles. The van der Waals surface area contributed by atoms with Gasteiger partial charge in [-0.25, -0.2) is 0 Å². The van der Waals surface area contributed by atoms with Crippen LogP contribution in [-0.4, -0.2) is 36.1 Å². The van der Waals surface area contributed by atoms with E-state index in [1.807, 2.05) is 24.3 Å². The van der Waals surface area contributed by atoms with E-state index in [0.29, 0.717) is 5.56 Å². The number of nitrogens with zero attached hydrogens (tertiary/aromatic N) is 2. The number of hydrogen-bond donors (Lipinski definition) is 1. The number of pyridine rings is 1. The smallest absolute Gasteiger partial charge is 0.314 e. The molecule has 146 valence electrons. The zero-order valence-electron chi connectivity index (χ0n) is 15.0. The van der Waals surface area contributed by atoms with Gasteiger partial charge in [-0.3, -0.25) is 9.88 Å². The van der Waals surface area contributed by atoms with Gasteiger partial charge in [0.15, 0.2) is 0 Å². The molecule has 1 aliphatic rings. The summed E-state index contributed by atoms with van der Waals surface area (Å²) in [5.41, 5.74) is 0.750. The van der Waals surface area contributed by atoms with Gasteiger partial charge in [0.1, 0.15) is 0 Å². The highest BCUT2D eigenvalue weighted by Gasteiger charge is 2.35. The number of halogens is 4. The maximum Gasteiger partial charge on any atom is 0.417 e. The summed E-state index contributed by atoms with van der Waals surface area (Å²) in [5, 5.41) is 5.03. The van der Waals surface area contributed by atoms with Gasteiger partial charge in [0.05, 0.1) is 16.6 Å². The van der Waals surface area contributed by atoms with Crippen LogP contribution in [0.25, 0.3) is 10.8 Å². The maximum atomic E-state index is 13.4. The van der Waals surface area contributed by atoms with Crippen molar-refractivity contribution in [3.05, 3.63) is 76.6 Å². The Labute approximate surface area is 166 Å². The first-order valence-electron chi connectivity index (χ1n) is 9.08. The zero-order valence-corrected chi connectivity index (χ0v) is 15.8. The number of rotatable bonds is 3. The van der Waals surface area contributed by atoms with Crippen LogP contribution in [0.3, 0.4) is 0 Å². The minimum absolute atomic E-state index is 0.278. The fourth-order valence-corrected chi connectivity index (χ4v) is 3.98. The second-order valence-electron chi connectivity index (χ2n) is 6.91. The molecule has 28 heavy (non-hydrogen) atoms. The van der Waals surface area contributed by atoms with E-state index in [4.69, 9.17) is 11.6 Å². The minimum Gasteiger partial charge on any atom is -0.314 e. The van der Waals surface area contributed by atoms with Crippen molar-refractivity contribution in [2.24, 2.45) is 0 Å². The molecule has 0 bridgehead atoms. The molecule has 3 nitrogen and oxygen atoms in total. The van der Waals surface area contributed by atoms with Gasteiger partial charge in [-0.15, -0.1) is 0 Å². The third kappa shape index (κ3) is 3.85. The molecule has 1 atom stereocenters. The Kier molecular flexibility index (Phi) is 5.27. The van der Waals surface area contributed by atoms with Crippen molar-refractivity contribution in [2.75, 3.05) is 26.2 Å². The van der Waals surface area contributed by atoms with Crippen LogP contribution in [0.2, 0.25) is 5.02 Å². The molecule has 1 saturated heterocycles. The summed E-state index contributed by atoms with van der Waals surface area (Å²) in [4.78, 5) is 6.34. The molecular weight excluding hydrogens is 387 g/mol. The molecule has 7 heteroatoms. The summed E-state index contributed by atoms with van der Waals surface area (Å²) >= 11 is 5.84. The van der Waals surface area contributed by atoms with Gasteiger partial charge in [0.25, 0.3) is 0 Å². The van der Waals surface area contributed by atoms with E-state index in [-0.39, 0.29) is 11.1 Å². The average Bonchev–Trinajstić information content (AvgIpc) is 2.69. The highest BCUT2D eigenvalue weighted by molar-refractivity contribution is 6.31. The van der Waals surface area contributed by atoms with Crippen LogP contribution in [0.5, 0.6) is 0 Å². The largest absolute Gasteiger partial charge is 0.417 e. The number of fused-ring (bicyclic) bond motifs is 1. The highest BCUT2D eigenvalue weighted by atomic mass is 35.5. The molecule has 0 spiro atoms. The van der Waals surface area contributed by atoms with Gasteiger partial charge in [-0.1, -0.05) is 29.8 Å². The molecule has 1 aliphatic heterocycles. The van der Waals surface area contributed by atoms with E-state index in [2.05, 4.69) is 15.2 Å². The predicted octanol–water partition coefficient (Wildman–Crippen LogP) is 4.90. The van der Waals surface area contributed by atoms with Crippen molar-refractivity contribution in [1.29, 1.82) is 0 Å². The van der Waals surface area contributed by atoms with E-state index in [1.54, 1.807) is 18.5 Å². The lowest BCUT2D eigenvalue weighted by molar-refractivity contribution is -0.137. The Morgan fingerprint density at radius 2 is 1.68 bits per heavy atom. The van der Waals surface area contributed by atoms with Crippen LogP contribution < -0.4 is 5.32 Å². The molecule has 0 radical (unpaired) electrons.